The number of likely N-dealkylation sites (tertiary alicyclic amines) is 1. The van der Waals surface area contributed by atoms with E-state index >= 15 is 0 Å². The number of hydrogen-bond donors (Lipinski definition) is 1. The molecule has 1 aliphatic rings. The molecule has 0 saturated carbocycles. The predicted molar refractivity (Wildman–Crippen MR) is 96.4 cm³/mol. The summed E-state index contributed by atoms with van der Waals surface area (Å²) in [6.07, 6.45) is 1.85. The molecule has 7 heteroatoms. The van der Waals surface area contributed by atoms with Crippen LogP contribution in [0.4, 0.5) is 10.5 Å². The Morgan fingerprint density at radius 1 is 1.20 bits per heavy atom. The van der Waals surface area contributed by atoms with E-state index in [1.54, 1.807) is 23.5 Å². The number of carbonyl (C=O) groups is 2. The number of thiophene rings is 1. The molecule has 0 spiro atoms. The summed E-state index contributed by atoms with van der Waals surface area (Å²) in [4.78, 5) is 26.7. The van der Waals surface area contributed by atoms with Crippen LogP contribution in [-0.2, 0) is 4.74 Å². The predicted octanol–water partition coefficient (Wildman–Crippen LogP) is 3.91. The number of ether oxygens (including phenoxy) is 2. The van der Waals surface area contributed by atoms with Crippen molar-refractivity contribution in [3.05, 3.63) is 46.2 Å². The lowest BCUT2D eigenvalue weighted by Gasteiger charge is -2.25. The summed E-state index contributed by atoms with van der Waals surface area (Å²) in [5, 5.41) is 4.60. The highest BCUT2D eigenvalue weighted by molar-refractivity contribution is 7.12. The Morgan fingerprint density at radius 2 is 1.96 bits per heavy atom. The fourth-order valence-electron chi connectivity index (χ4n) is 3.03. The highest BCUT2D eigenvalue weighted by atomic mass is 32.1. The normalized spacial score (nSPS) is 16.6. The van der Waals surface area contributed by atoms with E-state index in [0.29, 0.717) is 17.1 Å². The van der Waals surface area contributed by atoms with Gasteiger partial charge >= 0.3 is 12.0 Å². The van der Waals surface area contributed by atoms with Crippen molar-refractivity contribution in [2.75, 3.05) is 26.1 Å². The van der Waals surface area contributed by atoms with Gasteiger partial charge in [-0.05, 0) is 42.0 Å². The van der Waals surface area contributed by atoms with Gasteiger partial charge in [-0.3, -0.25) is 0 Å². The first kappa shape index (κ1) is 17.3. The second kappa shape index (κ2) is 7.57. The average Bonchev–Trinajstić information content (AvgIpc) is 3.30. The second-order valence-electron chi connectivity index (χ2n) is 5.71. The summed E-state index contributed by atoms with van der Waals surface area (Å²) < 4.78 is 9.94. The lowest BCUT2D eigenvalue weighted by molar-refractivity contribution is 0.0607. The number of benzene rings is 1. The quantitative estimate of drug-likeness (QED) is 0.840. The van der Waals surface area contributed by atoms with Gasteiger partial charge in [0.05, 0.1) is 25.9 Å². The molecule has 1 saturated heterocycles. The summed E-state index contributed by atoms with van der Waals surface area (Å²) >= 11 is 1.25. The van der Waals surface area contributed by atoms with E-state index in [4.69, 9.17) is 9.47 Å². The maximum atomic E-state index is 12.7. The van der Waals surface area contributed by atoms with Crippen LogP contribution in [0.25, 0.3) is 0 Å². The Labute approximate surface area is 150 Å². The van der Waals surface area contributed by atoms with Crippen LogP contribution in [0, 0.1) is 0 Å². The van der Waals surface area contributed by atoms with Crippen molar-refractivity contribution < 1.29 is 19.1 Å². The minimum Gasteiger partial charge on any atom is -0.497 e. The third-order valence-corrected chi connectivity index (χ3v) is 5.19. The van der Waals surface area contributed by atoms with Crippen LogP contribution in [0.5, 0.6) is 5.75 Å². The average molecular weight is 360 g/mol. The van der Waals surface area contributed by atoms with Gasteiger partial charge in [-0.15, -0.1) is 11.3 Å². The van der Waals surface area contributed by atoms with E-state index in [0.717, 1.165) is 24.2 Å². The number of anilines is 1. The van der Waals surface area contributed by atoms with Crippen LogP contribution in [0.1, 0.15) is 34.1 Å². The zero-order chi connectivity index (χ0) is 17.8. The number of esters is 1. The van der Waals surface area contributed by atoms with Crippen LogP contribution < -0.4 is 10.1 Å². The molecular formula is C18H20N2O4S. The molecule has 1 fully saturated rings. The number of hydrogen-bond acceptors (Lipinski definition) is 5. The number of nitrogens with one attached hydrogen (secondary N) is 1. The molecule has 0 aliphatic carbocycles. The Balaban J connectivity index is 1.74. The minimum atomic E-state index is -0.446. The van der Waals surface area contributed by atoms with Crippen molar-refractivity contribution >= 4 is 29.0 Å². The van der Waals surface area contributed by atoms with Gasteiger partial charge in [0.25, 0.3) is 0 Å². The molecule has 0 radical (unpaired) electrons. The van der Waals surface area contributed by atoms with Crippen molar-refractivity contribution in [2.45, 2.75) is 18.9 Å². The van der Waals surface area contributed by atoms with Crippen molar-refractivity contribution in [2.24, 2.45) is 0 Å². The molecule has 25 heavy (non-hydrogen) atoms. The van der Waals surface area contributed by atoms with Gasteiger partial charge in [-0.1, -0.05) is 12.1 Å². The number of rotatable bonds is 4. The third-order valence-electron chi connectivity index (χ3n) is 4.29. The van der Waals surface area contributed by atoms with E-state index in [-0.39, 0.29) is 12.1 Å². The Bertz CT molecular complexity index is 757. The Hall–Kier alpha value is -2.54. The first-order chi connectivity index (χ1) is 12.1. The molecule has 0 unspecified atom stereocenters. The molecule has 1 N–H and O–H groups in total. The number of urea groups is 1. The topological polar surface area (TPSA) is 67.9 Å². The van der Waals surface area contributed by atoms with Crippen LogP contribution in [0.15, 0.2) is 35.7 Å². The van der Waals surface area contributed by atoms with Crippen LogP contribution in [0.3, 0.4) is 0 Å². The molecule has 1 aromatic heterocycles. The van der Waals surface area contributed by atoms with Gasteiger partial charge in [0.15, 0.2) is 0 Å². The van der Waals surface area contributed by atoms with E-state index in [9.17, 15) is 9.59 Å². The van der Waals surface area contributed by atoms with Crippen LogP contribution >= 0.6 is 11.3 Å². The number of methoxy groups -OCH3 is 2. The lowest BCUT2D eigenvalue weighted by atomic mass is 10.0. The number of nitrogens with zero attached hydrogens (tertiary/aromatic N) is 1. The summed E-state index contributed by atoms with van der Waals surface area (Å²) in [7, 11) is 2.96. The lowest BCUT2D eigenvalue weighted by Crippen LogP contribution is -2.34. The molecule has 132 valence electrons. The van der Waals surface area contributed by atoms with Crippen molar-refractivity contribution in [3.8, 4) is 5.75 Å². The van der Waals surface area contributed by atoms with Gasteiger partial charge in [0.1, 0.15) is 10.6 Å². The first-order valence-corrected chi connectivity index (χ1v) is 8.89. The maximum Gasteiger partial charge on any atom is 0.350 e. The van der Waals surface area contributed by atoms with Gasteiger partial charge in [0.2, 0.25) is 0 Å². The Kier molecular flexibility index (Phi) is 5.23. The highest BCUT2D eigenvalue weighted by Gasteiger charge is 2.30. The van der Waals surface area contributed by atoms with Gasteiger partial charge < -0.3 is 19.7 Å². The summed E-state index contributed by atoms with van der Waals surface area (Å²) in [6.45, 7) is 0.681. The first-order valence-electron chi connectivity index (χ1n) is 8.01. The van der Waals surface area contributed by atoms with Crippen LogP contribution in [-0.4, -0.2) is 37.7 Å². The van der Waals surface area contributed by atoms with Gasteiger partial charge in [-0.2, -0.15) is 0 Å². The van der Waals surface area contributed by atoms with Crippen molar-refractivity contribution in [1.82, 2.24) is 4.90 Å². The van der Waals surface area contributed by atoms with E-state index in [1.807, 2.05) is 24.3 Å². The molecule has 1 aromatic carbocycles. The van der Waals surface area contributed by atoms with E-state index in [1.165, 1.54) is 18.4 Å². The molecule has 3 rings (SSSR count). The third kappa shape index (κ3) is 3.61. The minimum absolute atomic E-state index is 0.0196. The fourth-order valence-corrected chi connectivity index (χ4v) is 3.79. The molecule has 2 heterocycles. The smallest absolute Gasteiger partial charge is 0.350 e. The number of carbonyl (C=O) groups excluding carboxylic acids is 2. The standard InChI is InChI=1S/C18H20N2O4S/c1-23-13-7-5-12(6-8-13)15-4-3-10-20(15)18(22)19-14-9-11-25-16(14)17(21)24-2/h5-9,11,15H,3-4,10H2,1-2H3,(H,19,22)/t15-/m1/s1. The Morgan fingerprint density at radius 3 is 2.64 bits per heavy atom. The zero-order valence-electron chi connectivity index (χ0n) is 14.2. The second-order valence-corrected chi connectivity index (χ2v) is 6.63. The van der Waals surface area contributed by atoms with Crippen LogP contribution in [0.2, 0.25) is 0 Å². The monoisotopic (exact) mass is 360 g/mol. The molecular weight excluding hydrogens is 340 g/mol. The fraction of sp³-hybridized carbons (Fsp3) is 0.333. The van der Waals surface area contributed by atoms with Gasteiger partial charge in [-0.25, -0.2) is 9.59 Å². The number of amides is 2. The maximum absolute atomic E-state index is 12.7. The van der Waals surface area contributed by atoms with Crippen molar-refractivity contribution in [1.29, 1.82) is 0 Å². The molecule has 1 aliphatic heterocycles. The summed E-state index contributed by atoms with van der Waals surface area (Å²) in [5.41, 5.74) is 1.56. The summed E-state index contributed by atoms with van der Waals surface area (Å²) in [5.74, 6) is 0.345. The molecule has 6 nitrogen and oxygen atoms in total. The SMILES string of the molecule is COC(=O)c1sccc1NC(=O)N1CCC[C@@H]1c1ccc(OC)cc1. The molecule has 2 amide bonds. The highest BCUT2D eigenvalue weighted by Crippen LogP contribution is 2.34. The molecule has 0 bridgehead atoms. The van der Waals surface area contributed by atoms with E-state index in [2.05, 4.69) is 5.32 Å². The zero-order valence-corrected chi connectivity index (χ0v) is 15.0. The molecule has 1 atom stereocenters. The van der Waals surface area contributed by atoms with E-state index < -0.39 is 5.97 Å². The van der Waals surface area contributed by atoms with Gasteiger partial charge in [0, 0.05) is 6.54 Å². The molecule has 2 aromatic rings. The van der Waals surface area contributed by atoms with Crippen molar-refractivity contribution in [3.63, 3.8) is 0 Å². The largest absolute Gasteiger partial charge is 0.497 e. The summed E-state index contributed by atoms with van der Waals surface area (Å²) in [6, 6.07) is 9.30.